The predicted octanol–water partition coefficient (Wildman–Crippen LogP) is 4.82. The molecule has 0 unspecified atom stereocenters. The smallest absolute Gasteiger partial charge is 0.133 e. The summed E-state index contributed by atoms with van der Waals surface area (Å²) in [5.74, 6) is 1.18. The fourth-order valence-corrected chi connectivity index (χ4v) is 5.29. The lowest BCUT2D eigenvalue weighted by Gasteiger charge is -2.37. The molecule has 0 aliphatic carbocycles. The lowest BCUT2D eigenvalue weighted by atomic mass is 10.1. The van der Waals surface area contributed by atoms with Crippen LogP contribution < -0.4 is 15.1 Å². The van der Waals surface area contributed by atoms with Crippen LogP contribution in [0.2, 0.25) is 5.02 Å². The quantitative estimate of drug-likeness (QED) is 0.506. The average Bonchev–Trinajstić information content (AvgIpc) is 3.37. The Bertz CT molecular complexity index is 1090. The lowest BCUT2D eigenvalue weighted by molar-refractivity contribution is 0.257. The van der Waals surface area contributed by atoms with Crippen LogP contribution in [-0.4, -0.2) is 67.2 Å². The van der Waals surface area contributed by atoms with E-state index in [1.807, 2.05) is 36.7 Å². The van der Waals surface area contributed by atoms with Gasteiger partial charge < -0.3 is 15.1 Å². The first-order valence-electron chi connectivity index (χ1n) is 12.1. The van der Waals surface area contributed by atoms with E-state index in [-0.39, 0.29) is 0 Å². The van der Waals surface area contributed by atoms with Gasteiger partial charge in [-0.15, -0.1) is 0 Å². The SMILES string of the molecule is Cc1c(N2CCN(CCCNc3ccnc4cc(Cl)ccc34)CC2)ccnc1N1CCCC1. The van der Waals surface area contributed by atoms with Gasteiger partial charge in [0, 0.05) is 85.6 Å². The standard InChI is InChI=1S/C26H33ClN6/c1-20-25(8-11-30-26(20)33-13-2-3-14-33)32-17-15-31(16-18-32)12-4-9-28-23-7-10-29-24-19-21(27)5-6-22(23)24/h5-8,10-11,19H,2-4,9,12-18H2,1H3,(H,28,29). The molecule has 0 spiro atoms. The van der Waals surface area contributed by atoms with Crippen molar-refractivity contribution in [3.63, 3.8) is 0 Å². The van der Waals surface area contributed by atoms with Gasteiger partial charge in [0.25, 0.3) is 0 Å². The normalized spacial score (nSPS) is 17.2. The first kappa shape index (κ1) is 22.2. The van der Waals surface area contributed by atoms with Crippen LogP contribution in [0.4, 0.5) is 17.2 Å². The molecule has 33 heavy (non-hydrogen) atoms. The van der Waals surface area contributed by atoms with E-state index in [9.17, 15) is 0 Å². The minimum Gasteiger partial charge on any atom is -0.384 e. The number of piperazine rings is 1. The molecule has 1 N–H and O–H groups in total. The Labute approximate surface area is 201 Å². The zero-order valence-electron chi connectivity index (χ0n) is 19.4. The van der Waals surface area contributed by atoms with Crippen molar-refractivity contribution in [2.45, 2.75) is 26.2 Å². The third kappa shape index (κ3) is 5.02. The van der Waals surface area contributed by atoms with Gasteiger partial charge in [-0.3, -0.25) is 9.88 Å². The monoisotopic (exact) mass is 464 g/mol. The first-order valence-corrected chi connectivity index (χ1v) is 12.5. The molecule has 7 heteroatoms. The molecule has 0 atom stereocenters. The van der Waals surface area contributed by atoms with Gasteiger partial charge in [0.1, 0.15) is 5.82 Å². The summed E-state index contributed by atoms with van der Waals surface area (Å²) in [6.45, 7) is 11.0. The number of hydrogen-bond donors (Lipinski definition) is 1. The molecule has 4 heterocycles. The van der Waals surface area contributed by atoms with Gasteiger partial charge in [0.15, 0.2) is 0 Å². The molecule has 0 saturated carbocycles. The summed E-state index contributed by atoms with van der Waals surface area (Å²) in [4.78, 5) is 16.7. The van der Waals surface area contributed by atoms with E-state index in [4.69, 9.17) is 16.6 Å². The number of benzene rings is 1. The number of anilines is 3. The molecule has 2 aliphatic rings. The molecule has 2 fully saturated rings. The second-order valence-electron chi connectivity index (χ2n) is 9.10. The number of halogens is 1. The minimum absolute atomic E-state index is 0.723. The Kier molecular flexibility index (Phi) is 6.83. The molecule has 5 rings (SSSR count). The number of hydrogen-bond acceptors (Lipinski definition) is 6. The molecule has 3 aromatic rings. The highest BCUT2D eigenvalue weighted by molar-refractivity contribution is 6.31. The topological polar surface area (TPSA) is 47.5 Å². The number of aromatic nitrogens is 2. The van der Waals surface area contributed by atoms with Crippen LogP contribution in [0.15, 0.2) is 42.7 Å². The average molecular weight is 465 g/mol. The van der Waals surface area contributed by atoms with E-state index < -0.39 is 0 Å². The number of nitrogens with one attached hydrogen (secondary N) is 1. The Hall–Kier alpha value is -2.57. The molecular weight excluding hydrogens is 432 g/mol. The molecular formula is C26H33ClN6. The molecule has 2 aliphatic heterocycles. The van der Waals surface area contributed by atoms with E-state index in [2.05, 4.69) is 38.0 Å². The molecule has 6 nitrogen and oxygen atoms in total. The summed E-state index contributed by atoms with van der Waals surface area (Å²) in [6, 6.07) is 10.1. The molecule has 2 aromatic heterocycles. The van der Waals surface area contributed by atoms with Crippen LogP contribution in [0.3, 0.4) is 0 Å². The highest BCUT2D eigenvalue weighted by atomic mass is 35.5. The third-order valence-electron chi connectivity index (χ3n) is 6.94. The second kappa shape index (κ2) is 10.1. The van der Waals surface area contributed by atoms with Crippen molar-refractivity contribution in [2.24, 2.45) is 0 Å². The molecule has 0 radical (unpaired) electrons. The molecule has 1 aromatic carbocycles. The van der Waals surface area contributed by atoms with Crippen LogP contribution >= 0.6 is 11.6 Å². The van der Waals surface area contributed by atoms with Crippen LogP contribution in [-0.2, 0) is 0 Å². The van der Waals surface area contributed by atoms with E-state index >= 15 is 0 Å². The summed E-state index contributed by atoms with van der Waals surface area (Å²) in [7, 11) is 0. The van der Waals surface area contributed by atoms with Crippen LogP contribution in [0.25, 0.3) is 10.9 Å². The van der Waals surface area contributed by atoms with E-state index in [0.717, 1.165) is 80.4 Å². The van der Waals surface area contributed by atoms with Crippen molar-refractivity contribution in [3.05, 3.63) is 53.3 Å². The zero-order chi connectivity index (χ0) is 22.6. The Morgan fingerprint density at radius 1 is 0.909 bits per heavy atom. The van der Waals surface area contributed by atoms with Crippen molar-refractivity contribution in [3.8, 4) is 0 Å². The van der Waals surface area contributed by atoms with Gasteiger partial charge >= 0.3 is 0 Å². The van der Waals surface area contributed by atoms with Crippen molar-refractivity contribution in [1.82, 2.24) is 14.9 Å². The van der Waals surface area contributed by atoms with E-state index in [1.54, 1.807) is 0 Å². The van der Waals surface area contributed by atoms with Crippen LogP contribution in [0, 0.1) is 6.92 Å². The number of fused-ring (bicyclic) bond motifs is 1. The highest BCUT2D eigenvalue weighted by Gasteiger charge is 2.22. The number of nitrogens with zero attached hydrogens (tertiary/aromatic N) is 5. The lowest BCUT2D eigenvalue weighted by Crippen LogP contribution is -2.47. The molecule has 0 amide bonds. The van der Waals surface area contributed by atoms with Crippen LogP contribution in [0.1, 0.15) is 24.8 Å². The summed E-state index contributed by atoms with van der Waals surface area (Å²) in [5.41, 5.74) is 4.76. The summed E-state index contributed by atoms with van der Waals surface area (Å²) in [5, 5.41) is 5.43. The number of pyridine rings is 2. The Morgan fingerprint density at radius 2 is 1.70 bits per heavy atom. The Morgan fingerprint density at radius 3 is 2.52 bits per heavy atom. The van der Waals surface area contributed by atoms with Gasteiger partial charge in [0.2, 0.25) is 0 Å². The maximum absolute atomic E-state index is 6.10. The largest absolute Gasteiger partial charge is 0.384 e. The maximum Gasteiger partial charge on any atom is 0.133 e. The maximum atomic E-state index is 6.10. The summed E-state index contributed by atoms with van der Waals surface area (Å²) in [6.07, 6.45) is 7.52. The van der Waals surface area contributed by atoms with Crippen molar-refractivity contribution >= 4 is 39.7 Å². The first-order chi connectivity index (χ1) is 16.2. The van der Waals surface area contributed by atoms with Crippen molar-refractivity contribution in [2.75, 3.05) is 67.5 Å². The van der Waals surface area contributed by atoms with E-state index in [0.29, 0.717) is 0 Å². The molecule has 0 bridgehead atoms. The summed E-state index contributed by atoms with van der Waals surface area (Å²) < 4.78 is 0. The van der Waals surface area contributed by atoms with Crippen molar-refractivity contribution < 1.29 is 0 Å². The van der Waals surface area contributed by atoms with Gasteiger partial charge in [-0.25, -0.2) is 4.98 Å². The van der Waals surface area contributed by atoms with Gasteiger partial charge in [-0.1, -0.05) is 11.6 Å². The fraction of sp³-hybridized carbons (Fsp3) is 0.462. The second-order valence-corrected chi connectivity index (χ2v) is 9.54. The Balaban J connectivity index is 1.11. The predicted molar refractivity (Wildman–Crippen MR) is 139 cm³/mol. The van der Waals surface area contributed by atoms with Gasteiger partial charge in [-0.05, 0) is 63.1 Å². The molecule has 174 valence electrons. The number of rotatable bonds is 7. The zero-order valence-corrected chi connectivity index (χ0v) is 20.2. The highest BCUT2D eigenvalue weighted by Crippen LogP contribution is 2.30. The molecule has 2 saturated heterocycles. The van der Waals surface area contributed by atoms with Crippen molar-refractivity contribution in [1.29, 1.82) is 0 Å². The minimum atomic E-state index is 0.723. The third-order valence-corrected chi connectivity index (χ3v) is 7.17. The summed E-state index contributed by atoms with van der Waals surface area (Å²) >= 11 is 6.10. The van der Waals surface area contributed by atoms with Gasteiger partial charge in [-0.2, -0.15) is 0 Å². The van der Waals surface area contributed by atoms with Crippen LogP contribution in [0.5, 0.6) is 0 Å². The van der Waals surface area contributed by atoms with E-state index in [1.165, 1.54) is 29.9 Å². The fourth-order valence-electron chi connectivity index (χ4n) is 5.12. The van der Waals surface area contributed by atoms with Gasteiger partial charge in [0.05, 0.1) is 5.52 Å².